The molecule has 0 aliphatic heterocycles. The number of pyridine rings is 1. The van der Waals surface area contributed by atoms with Gasteiger partial charge in [0.2, 0.25) is 0 Å². The van der Waals surface area contributed by atoms with E-state index in [1.165, 1.54) is 0 Å². The molecule has 25 heavy (non-hydrogen) atoms. The third-order valence-corrected chi connectivity index (χ3v) is 3.73. The fraction of sp³-hybridized carbons (Fsp3) is 0. The molecule has 1 heterocycles. The molecule has 122 valence electrons. The van der Waals surface area contributed by atoms with Gasteiger partial charge in [-0.25, -0.2) is 4.98 Å². The first kappa shape index (κ1) is 16.5. The number of anilines is 3. The van der Waals surface area contributed by atoms with E-state index >= 15 is 0 Å². The van der Waals surface area contributed by atoms with Crippen molar-refractivity contribution in [3.63, 3.8) is 0 Å². The summed E-state index contributed by atoms with van der Waals surface area (Å²) in [7, 11) is 0. The minimum atomic E-state index is -0.348. The predicted molar refractivity (Wildman–Crippen MR) is 98.1 cm³/mol. The number of aromatic nitrogens is 1. The first-order chi connectivity index (χ1) is 12.2. The Labute approximate surface area is 149 Å². The Morgan fingerprint density at radius 1 is 1.04 bits per heavy atom. The van der Waals surface area contributed by atoms with Crippen LogP contribution in [0.2, 0.25) is 5.02 Å². The summed E-state index contributed by atoms with van der Waals surface area (Å²) in [6, 6.07) is 19.4. The van der Waals surface area contributed by atoms with Crippen LogP contribution >= 0.6 is 11.6 Å². The second kappa shape index (κ2) is 7.47. The lowest BCUT2D eigenvalue weighted by molar-refractivity contribution is 0.102. The largest absolute Gasteiger partial charge is 0.353 e. The summed E-state index contributed by atoms with van der Waals surface area (Å²) in [6.07, 6.45) is 1.56. The van der Waals surface area contributed by atoms with Gasteiger partial charge in [0, 0.05) is 5.69 Å². The highest BCUT2D eigenvalue weighted by molar-refractivity contribution is 6.33. The number of carbonyl (C=O) groups is 1. The standard InChI is InChI=1S/C19H13ClN4O/c20-16-6-1-2-7-17(16)23-15-8-9-18(22-12-15)19(25)24-14-5-3-4-13(10-14)11-21/h1-10,12,23H,(H,24,25). The second-order valence-corrected chi connectivity index (χ2v) is 5.59. The zero-order valence-electron chi connectivity index (χ0n) is 13.0. The van der Waals surface area contributed by atoms with E-state index in [-0.39, 0.29) is 11.6 Å². The molecule has 0 atom stereocenters. The summed E-state index contributed by atoms with van der Waals surface area (Å²) in [4.78, 5) is 16.4. The number of nitriles is 1. The van der Waals surface area contributed by atoms with Gasteiger partial charge in [0.05, 0.1) is 34.2 Å². The van der Waals surface area contributed by atoms with E-state index in [1.54, 1.807) is 48.7 Å². The van der Waals surface area contributed by atoms with E-state index in [0.29, 0.717) is 16.3 Å². The van der Waals surface area contributed by atoms with Crippen molar-refractivity contribution in [2.24, 2.45) is 0 Å². The van der Waals surface area contributed by atoms with E-state index < -0.39 is 0 Å². The van der Waals surface area contributed by atoms with Crippen molar-refractivity contribution in [3.05, 3.63) is 83.1 Å². The summed E-state index contributed by atoms with van der Waals surface area (Å²) in [5.41, 5.74) is 2.77. The molecule has 1 aromatic heterocycles. The fourth-order valence-electron chi connectivity index (χ4n) is 2.18. The lowest BCUT2D eigenvalue weighted by atomic mass is 10.2. The Morgan fingerprint density at radius 3 is 2.60 bits per heavy atom. The topological polar surface area (TPSA) is 77.8 Å². The summed E-state index contributed by atoms with van der Waals surface area (Å²) >= 11 is 6.10. The Hall–Kier alpha value is -3.36. The molecule has 6 heteroatoms. The van der Waals surface area contributed by atoms with Gasteiger partial charge in [-0.05, 0) is 42.5 Å². The first-order valence-corrected chi connectivity index (χ1v) is 7.82. The molecule has 0 saturated carbocycles. The minimum absolute atomic E-state index is 0.270. The number of amides is 1. The van der Waals surface area contributed by atoms with Crippen LogP contribution in [0, 0.1) is 11.3 Å². The molecule has 5 nitrogen and oxygen atoms in total. The predicted octanol–water partition coefficient (Wildman–Crippen LogP) is 4.60. The van der Waals surface area contributed by atoms with E-state index in [4.69, 9.17) is 16.9 Å². The van der Waals surface area contributed by atoms with Gasteiger partial charge in [-0.2, -0.15) is 5.26 Å². The highest BCUT2D eigenvalue weighted by atomic mass is 35.5. The highest BCUT2D eigenvalue weighted by Crippen LogP contribution is 2.24. The molecule has 0 spiro atoms. The molecule has 0 radical (unpaired) electrons. The zero-order valence-corrected chi connectivity index (χ0v) is 13.8. The number of benzene rings is 2. The molecule has 0 fully saturated rings. The summed E-state index contributed by atoms with van der Waals surface area (Å²) < 4.78 is 0. The van der Waals surface area contributed by atoms with Crippen LogP contribution in [-0.4, -0.2) is 10.9 Å². The van der Waals surface area contributed by atoms with Gasteiger partial charge in [-0.1, -0.05) is 29.8 Å². The first-order valence-electron chi connectivity index (χ1n) is 7.45. The van der Waals surface area contributed by atoms with Crippen LogP contribution in [0.4, 0.5) is 17.1 Å². The molecular weight excluding hydrogens is 336 g/mol. The van der Waals surface area contributed by atoms with Crippen molar-refractivity contribution < 1.29 is 4.79 Å². The van der Waals surface area contributed by atoms with Crippen LogP contribution in [0.1, 0.15) is 16.1 Å². The molecule has 0 saturated heterocycles. The Balaban J connectivity index is 1.70. The Bertz CT molecular complexity index is 948. The van der Waals surface area contributed by atoms with Crippen LogP contribution in [-0.2, 0) is 0 Å². The smallest absolute Gasteiger partial charge is 0.274 e. The fourth-order valence-corrected chi connectivity index (χ4v) is 2.36. The molecule has 0 bridgehead atoms. The molecular formula is C19H13ClN4O. The normalized spacial score (nSPS) is 9.92. The van der Waals surface area contributed by atoms with Gasteiger partial charge in [-0.3, -0.25) is 4.79 Å². The third kappa shape index (κ3) is 4.14. The Morgan fingerprint density at radius 2 is 1.88 bits per heavy atom. The van der Waals surface area contributed by atoms with Crippen molar-refractivity contribution >= 4 is 34.6 Å². The average molecular weight is 349 g/mol. The van der Waals surface area contributed by atoms with Gasteiger partial charge in [-0.15, -0.1) is 0 Å². The molecule has 0 aliphatic carbocycles. The van der Waals surface area contributed by atoms with E-state index in [9.17, 15) is 4.79 Å². The van der Waals surface area contributed by atoms with Crippen molar-refractivity contribution in [3.8, 4) is 6.07 Å². The summed E-state index contributed by atoms with van der Waals surface area (Å²) in [5, 5.41) is 15.3. The number of carbonyl (C=O) groups excluding carboxylic acids is 1. The van der Waals surface area contributed by atoms with Crippen molar-refractivity contribution in [2.45, 2.75) is 0 Å². The number of nitrogens with zero attached hydrogens (tertiary/aromatic N) is 2. The highest BCUT2D eigenvalue weighted by Gasteiger charge is 2.08. The summed E-state index contributed by atoms with van der Waals surface area (Å²) in [5.74, 6) is -0.348. The van der Waals surface area contributed by atoms with Gasteiger partial charge >= 0.3 is 0 Å². The maximum atomic E-state index is 12.2. The minimum Gasteiger partial charge on any atom is -0.353 e. The molecule has 0 aliphatic rings. The van der Waals surface area contributed by atoms with E-state index in [1.807, 2.05) is 24.3 Å². The van der Waals surface area contributed by atoms with Crippen molar-refractivity contribution in [1.29, 1.82) is 5.26 Å². The number of para-hydroxylation sites is 1. The third-order valence-electron chi connectivity index (χ3n) is 3.40. The van der Waals surface area contributed by atoms with Crippen LogP contribution in [0.15, 0.2) is 66.9 Å². The second-order valence-electron chi connectivity index (χ2n) is 5.18. The summed E-state index contributed by atoms with van der Waals surface area (Å²) in [6.45, 7) is 0. The van der Waals surface area contributed by atoms with Crippen LogP contribution < -0.4 is 10.6 Å². The van der Waals surface area contributed by atoms with Crippen molar-refractivity contribution in [2.75, 3.05) is 10.6 Å². The SMILES string of the molecule is N#Cc1cccc(NC(=O)c2ccc(Nc3ccccc3Cl)cn2)c1. The average Bonchev–Trinajstić information content (AvgIpc) is 2.64. The molecule has 3 aromatic rings. The lowest BCUT2D eigenvalue weighted by Gasteiger charge is -2.09. The van der Waals surface area contributed by atoms with Gasteiger partial charge in [0.15, 0.2) is 0 Å². The molecule has 3 rings (SSSR count). The zero-order chi connectivity index (χ0) is 17.6. The van der Waals surface area contributed by atoms with Gasteiger partial charge < -0.3 is 10.6 Å². The van der Waals surface area contributed by atoms with E-state index in [0.717, 1.165) is 11.4 Å². The number of rotatable bonds is 4. The Kier molecular flexibility index (Phi) is 4.93. The van der Waals surface area contributed by atoms with Crippen LogP contribution in [0.5, 0.6) is 0 Å². The maximum Gasteiger partial charge on any atom is 0.274 e. The van der Waals surface area contributed by atoms with Crippen LogP contribution in [0.25, 0.3) is 0 Å². The monoisotopic (exact) mass is 348 g/mol. The molecule has 1 amide bonds. The van der Waals surface area contributed by atoms with Gasteiger partial charge in [0.1, 0.15) is 5.69 Å². The molecule has 2 aromatic carbocycles. The number of nitrogens with one attached hydrogen (secondary N) is 2. The number of halogens is 1. The lowest BCUT2D eigenvalue weighted by Crippen LogP contribution is -2.13. The van der Waals surface area contributed by atoms with Gasteiger partial charge in [0.25, 0.3) is 5.91 Å². The molecule has 0 unspecified atom stereocenters. The quantitative estimate of drug-likeness (QED) is 0.722. The van der Waals surface area contributed by atoms with E-state index in [2.05, 4.69) is 15.6 Å². The molecule has 2 N–H and O–H groups in total. The van der Waals surface area contributed by atoms with Crippen molar-refractivity contribution in [1.82, 2.24) is 4.98 Å². The van der Waals surface area contributed by atoms with Crippen LogP contribution in [0.3, 0.4) is 0 Å². The maximum absolute atomic E-state index is 12.2. The number of hydrogen-bond acceptors (Lipinski definition) is 4. The number of hydrogen-bond donors (Lipinski definition) is 2.